The first-order valence-electron chi connectivity index (χ1n) is 7.96. The van der Waals surface area contributed by atoms with Crippen molar-refractivity contribution in [2.75, 3.05) is 0 Å². The lowest BCUT2D eigenvalue weighted by molar-refractivity contribution is 0.155. The standard InChI is InChI=1S/C19H24O4/c1-2-13(9-14-3-6-16(20)7-4-14)5-8-19(23)15-10-17(21)12-18(22)11-15/h3-4,6-7,10-13,19-23H,2,5,8-9H2,1H3/t13-,19+/m1/s1. The zero-order chi connectivity index (χ0) is 16.8. The maximum absolute atomic E-state index is 10.3. The third kappa shape index (κ3) is 5.18. The van der Waals surface area contributed by atoms with Crippen LogP contribution < -0.4 is 0 Å². The average Bonchev–Trinajstić information content (AvgIpc) is 2.52. The van der Waals surface area contributed by atoms with Crippen LogP contribution in [0.25, 0.3) is 0 Å². The Balaban J connectivity index is 1.92. The summed E-state index contributed by atoms with van der Waals surface area (Å²) in [6, 6.07) is 11.4. The molecule has 2 aromatic carbocycles. The van der Waals surface area contributed by atoms with E-state index in [9.17, 15) is 20.4 Å². The predicted molar refractivity (Wildman–Crippen MR) is 89.6 cm³/mol. The number of phenols is 3. The number of benzene rings is 2. The van der Waals surface area contributed by atoms with E-state index in [2.05, 4.69) is 6.92 Å². The number of rotatable bonds is 7. The van der Waals surface area contributed by atoms with E-state index in [1.54, 1.807) is 12.1 Å². The molecular formula is C19H24O4. The molecule has 0 saturated carbocycles. The minimum absolute atomic E-state index is 0.0461. The van der Waals surface area contributed by atoms with Crippen LogP contribution in [0.3, 0.4) is 0 Å². The molecule has 23 heavy (non-hydrogen) atoms. The van der Waals surface area contributed by atoms with Crippen LogP contribution in [0.2, 0.25) is 0 Å². The Hall–Kier alpha value is -2.20. The van der Waals surface area contributed by atoms with E-state index in [4.69, 9.17) is 0 Å². The SMILES string of the molecule is CC[C@H](CC[C@H](O)c1cc(O)cc(O)c1)Cc1ccc(O)cc1. The van der Waals surface area contributed by atoms with Crippen LogP contribution in [-0.4, -0.2) is 20.4 Å². The van der Waals surface area contributed by atoms with Crippen LogP contribution in [-0.2, 0) is 6.42 Å². The Morgan fingerprint density at radius 2 is 1.43 bits per heavy atom. The van der Waals surface area contributed by atoms with Crippen LogP contribution in [0, 0.1) is 5.92 Å². The van der Waals surface area contributed by atoms with Crippen molar-refractivity contribution in [1.29, 1.82) is 0 Å². The Labute approximate surface area is 136 Å². The van der Waals surface area contributed by atoms with Gasteiger partial charge in [-0.15, -0.1) is 0 Å². The molecule has 4 heteroatoms. The van der Waals surface area contributed by atoms with E-state index >= 15 is 0 Å². The first kappa shape index (κ1) is 17.2. The van der Waals surface area contributed by atoms with Gasteiger partial charge in [0.15, 0.2) is 0 Å². The summed E-state index contributed by atoms with van der Waals surface area (Å²) < 4.78 is 0. The highest BCUT2D eigenvalue weighted by Gasteiger charge is 2.14. The molecule has 124 valence electrons. The Kier molecular flexibility index (Phi) is 5.88. The van der Waals surface area contributed by atoms with Gasteiger partial charge in [-0.1, -0.05) is 25.5 Å². The molecule has 4 N–H and O–H groups in total. The second-order valence-electron chi connectivity index (χ2n) is 6.02. The number of hydrogen-bond donors (Lipinski definition) is 4. The second-order valence-corrected chi connectivity index (χ2v) is 6.02. The smallest absolute Gasteiger partial charge is 0.119 e. The van der Waals surface area contributed by atoms with Gasteiger partial charge in [0.1, 0.15) is 17.2 Å². The molecule has 2 aromatic rings. The van der Waals surface area contributed by atoms with Gasteiger partial charge in [0.05, 0.1) is 6.10 Å². The maximum atomic E-state index is 10.3. The summed E-state index contributed by atoms with van der Waals surface area (Å²) in [4.78, 5) is 0. The molecule has 4 nitrogen and oxygen atoms in total. The molecule has 0 fully saturated rings. The highest BCUT2D eigenvalue weighted by molar-refractivity contribution is 5.37. The third-order valence-electron chi connectivity index (χ3n) is 4.20. The summed E-state index contributed by atoms with van der Waals surface area (Å²) in [7, 11) is 0. The quantitative estimate of drug-likeness (QED) is 0.625. The van der Waals surface area contributed by atoms with Gasteiger partial charge in [0.2, 0.25) is 0 Å². The number of phenolic OH excluding ortho intramolecular Hbond substituents is 3. The lowest BCUT2D eigenvalue weighted by atomic mass is 9.90. The van der Waals surface area contributed by atoms with Crippen LogP contribution in [0.1, 0.15) is 43.4 Å². The van der Waals surface area contributed by atoms with E-state index in [0.717, 1.165) is 19.3 Å². The van der Waals surface area contributed by atoms with Gasteiger partial charge in [-0.3, -0.25) is 0 Å². The molecule has 2 atom stereocenters. The lowest BCUT2D eigenvalue weighted by Gasteiger charge is -2.18. The van der Waals surface area contributed by atoms with Crippen molar-refractivity contribution in [2.45, 2.75) is 38.7 Å². The lowest BCUT2D eigenvalue weighted by Crippen LogP contribution is -2.07. The third-order valence-corrected chi connectivity index (χ3v) is 4.20. The van der Waals surface area contributed by atoms with Crippen LogP contribution in [0.4, 0.5) is 0 Å². The summed E-state index contributed by atoms with van der Waals surface area (Å²) in [5.41, 5.74) is 1.70. The molecule has 2 rings (SSSR count). The summed E-state index contributed by atoms with van der Waals surface area (Å²) in [5, 5.41) is 38.6. The highest BCUT2D eigenvalue weighted by Crippen LogP contribution is 2.29. The monoisotopic (exact) mass is 316 g/mol. The van der Waals surface area contributed by atoms with E-state index in [1.807, 2.05) is 12.1 Å². The van der Waals surface area contributed by atoms with Gasteiger partial charge in [-0.25, -0.2) is 0 Å². The topological polar surface area (TPSA) is 80.9 Å². The van der Waals surface area contributed by atoms with Crippen molar-refractivity contribution >= 4 is 0 Å². The van der Waals surface area contributed by atoms with Crippen molar-refractivity contribution in [2.24, 2.45) is 5.92 Å². The number of aliphatic hydroxyl groups excluding tert-OH is 1. The van der Waals surface area contributed by atoms with Crippen LogP contribution >= 0.6 is 0 Å². The zero-order valence-corrected chi connectivity index (χ0v) is 13.3. The highest BCUT2D eigenvalue weighted by atomic mass is 16.3. The molecule has 0 spiro atoms. The summed E-state index contributed by atoms with van der Waals surface area (Å²) in [5.74, 6) is 0.603. The zero-order valence-electron chi connectivity index (χ0n) is 13.3. The fraction of sp³-hybridized carbons (Fsp3) is 0.368. The van der Waals surface area contributed by atoms with Crippen molar-refractivity contribution in [3.05, 3.63) is 53.6 Å². The number of aliphatic hydroxyl groups is 1. The number of hydrogen-bond acceptors (Lipinski definition) is 4. The average molecular weight is 316 g/mol. The molecule has 0 saturated heterocycles. The summed E-state index contributed by atoms with van der Waals surface area (Å²) >= 11 is 0. The molecule has 0 amide bonds. The molecule has 0 radical (unpaired) electrons. The van der Waals surface area contributed by atoms with Crippen LogP contribution in [0.15, 0.2) is 42.5 Å². The van der Waals surface area contributed by atoms with Crippen molar-refractivity contribution in [3.8, 4) is 17.2 Å². The fourth-order valence-corrected chi connectivity index (χ4v) is 2.79. The summed E-state index contributed by atoms with van der Waals surface area (Å²) in [6.07, 6.45) is 2.60. The van der Waals surface area contributed by atoms with E-state index in [0.29, 0.717) is 17.9 Å². The van der Waals surface area contributed by atoms with Gasteiger partial charge in [0, 0.05) is 6.07 Å². The molecule has 0 aliphatic heterocycles. The second kappa shape index (κ2) is 7.88. The summed E-state index contributed by atoms with van der Waals surface area (Å²) in [6.45, 7) is 2.12. The van der Waals surface area contributed by atoms with Crippen molar-refractivity contribution in [3.63, 3.8) is 0 Å². The first-order valence-corrected chi connectivity index (χ1v) is 7.96. The minimum atomic E-state index is -0.707. The van der Waals surface area contributed by atoms with Crippen molar-refractivity contribution in [1.82, 2.24) is 0 Å². The molecule has 0 aliphatic carbocycles. The Morgan fingerprint density at radius 3 is 2.00 bits per heavy atom. The van der Waals surface area contributed by atoms with Gasteiger partial charge in [0.25, 0.3) is 0 Å². The largest absolute Gasteiger partial charge is 0.508 e. The molecule has 0 bridgehead atoms. The number of aromatic hydroxyl groups is 3. The Bertz CT molecular complexity index is 602. The predicted octanol–water partition coefficient (Wildman–Crippen LogP) is 3.89. The van der Waals surface area contributed by atoms with E-state index in [-0.39, 0.29) is 17.2 Å². The van der Waals surface area contributed by atoms with Gasteiger partial charge >= 0.3 is 0 Å². The maximum Gasteiger partial charge on any atom is 0.119 e. The van der Waals surface area contributed by atoms with Gasteiger partial charge < -0.3 is 20.4 Å². The molecule has 0 unspecified atom stereocenters. The molecule has 0 aromatic heterocycles. The molecular weight excluding hydrogens is 292 g/mol. The molecule has 0 heterocycles. The van der Waals surface area contributed by atoms with Crippen LogP contribution in [0.5, 0.6) is 17.2 Å². The van der Waals surface area contributed by atoms with Crippen molar-refractivity contribution < 1.29 is 20.4 Å². The van der Waals surface area contributed by atoms with Gasteiger partial charge in [-0.05, 0) is 60.6 Å². The van der Waals surface area contributed by atoms with E-state index in [1.165, 1.54) is 23.8 Å². The molecule has 0 aliphatic rings. The normalized spacial score (nSPS) is 13.7. The van der Waals surface area contributed by atoms with E-state index < -0.39 is 6.10 Å². The Morgan fingerprint density at radius 1 is 0.826 bits per heavy atom. The first-order chi connectivity index (χ1) is 11.0. The van der Waals surface area contributed by atoms with Gasteiger partial charge in [-0.2, -0.15) is 0 Å². The fourth-order valence-electron chi connectivity index (χ4n) is 2.79. The minimum Gasteiger partial charge on any atom is -0.508 e.